The first-order valence-corrected chi connectivity index (χ1v) is 11.6. The Morgan fingerprint density at radius 2 is 1.84 bits per heavy atom. The third-order valence-electron chi connectivity index (χ3n) is 6.30. The molecule has 1 aliphatic carbocycles. The van der Waals surface area contributed by atoms with E-state index in [4.69, 9.17) is 20.1 Å². The summed E-state index contributed by atoms with van der Waals surface area (Å²) in [5, 5.41) is 3.36. The van der Waals surface area contributed by atoms with Gasteiger partial charge in [-0.25, -0.2) is 4.98 Å². The van der Waals surface area contributed by atoms with E-state index in [0.717, 1.165) is 43.2 Å². The van der Waals surface area contributed by atoms with Crippen LogP contribution in [0.15, 0.2) is 53.1 Å². The van der Waals surface area contributed by atoms with Crippen LogP contribution in [0.25, 0.3) is 22.7 Å². The molecule has 3 heterocycles. The van der Waals surface area contributed by atoms with Crippen molar-refractivity contribution >= 4 is 22.9 Å². The fourth-order valence-electron chi connectivity index (χ4n) is 4.63. The maximum absolute atomic E-state index is 6.32. The molecule has 3 aromatic heterocycles. The van der Waals surface area contributed by atoms with Gasteiger partial charge in [-0.15, -0.1) is 0 Å². The van der Waals surface area contributed by atoms with Crippen LogP contribution in [-0.4, -0.2) is 26.1 Å². The van der Waals surface area contributed by atoms with E-state index in [2.05, 4.69) is 39.1 Å². The monoisotopic (exact) mass is 430 g/mol. The molecule has 166 valence electrons. The Morgan fingerprint density at radius 1 is 1.00 bits per heavy atom. The van der Waals surface area contributed by atoms with Crippen LogP contribution in [0.3, 0.4) is 0 Å². The molecule has 5 rings (SSSR count). The fourth-order valence-corrected chi connectivity index (χ4v) is 4.63. The molecular formula is C25H30N6O. The smallest absolute Gasteiger partial charge is 0.226 e. The molecule has 0 amide bonds. The predicted octanol–water partition coefficient (Wildman–Crippen LogP) is 5.29. The highest BCUT2D eigenvalue weighted by Gasteiger charge is 2.23. The Morgan fingerprint density at radius 3 is 2.62 bits per heavy atom. The number of nitrogens with one attached hydrogen (secondary N) is 1. The summed E-state index contributed by atoms with van der Waals surface area (Å²) in [5.74, 6) is 3.08. The number of nitrogens with two attached hydrogens (primary N) is 1. The Kier molecular flexibility index (Phi) is 6.05. The lowest BCUT2D eigenvalue weighted by Gasteiger charge is -2.22. The molecule has 1 aliphatic rings. The number of aryl methyl sites for hydroxylation is 1. The minimum atomic E-state index is 0.399. The lowest BCUT2D eigenvalue weighted by molar-refractivity contribution is 0.322. The topological polar surface area (TPSA) is 94.8 Å². The molecule has 1 aromatic carbocycles. The maximum Gasteiger partial charge on any atom is 0.226 e. The molecular weight excluding hydrogens is 400 g/mol. The van der Waals surface area contributed by atoms with Crippen molar-refractivity contribution in [2.75, 3.05) is 17.6 Å². The van der Waals surface area contributed by atoms with E-state index >= 15 is 0 Å². The van der Waals surface area contributed by atoms with Crippen LogP contribution in [0.5, 0.6) is 0 Å². The molecule has 1 saturated carbocycles. The zero-order chi connectivity index (χ0) is 21.8. The average molecular weight is 431 g/mol. The van der Waals surface area contributed by atoms with E-state index in [1.54, 1.807) is 6.26 Å². The van der Waals surface area contributed by atoms with Gasteiger partial charge in [0, 0.05) is 13.1 Å². The van der Waals surface area contributed by atoms with Crippen LogP contribution >= 0.6 is 0 Å². The highest BCUT2D eigenvalue weighted by Crippen LogP contribution is 2.31. The quantitative estimate of drug-likeness (QED) is 0.369. The van der Waals surface area contributed by atoms with Gasteiger partial charge in [-0.1, -0.05) is 49.6 Å². The van der Waals surface area contributed by atoms with Gasteiger partial charge >= 0.3 is 0 Å². The van der Waals surface area contributed by atoms with Crippen molar-refractivity contribution in [3.63, 3.8) is 0 Å². The number of imidazole rings is 1. The number of fused-ring (bicyclic) bond motifs is 1. The number of aromatic nitrogens is 4. The molecule has 4 aromatic rings. The fraction of sp³-hybridized carbons (Fsp3) is 0.400. The largest absolute Gasteiger partial charge is 0.461 e. The first-order chi connectivity index (χ1) is 15.8. The maximum atomic E-state index is 6.32. The van der Waals surface area contributed by atoms with Gasteiger partial charge < -0.3 is 20.0 Å². The van der Waals surface area contributed by atoms with Gasteiger partial charge in [0.25, 0.3) is 0 Å². The number of hydrogen-bond donors (Lipinski definition) is 2. The van der Waals surface area contributed by atoms with E-state index in [1.807, 2.05) is 18.2 Å². The van der Waals surface area contributed by atoms with Gasteiger partial charge in [0.2, 0.25) is 5.95 Å². The molecule has 0 spiro atoms. The highest BCUT2D eigenvalue weighted by molar-refractivity contribution is 5.86. The second-order valence-electron chi connectivity index (χ2n) is 8.65. The van der Waals surface area contributed by atoms with Gasteiger partial charge in [-0.2, -0.15) is 9.97 Å². The molecule has 7 nitrogen and oxygen atoms in total. The van der Waals surface area contributed by atoms with Gasteiger partial charge in [-0.05, 0) is 49.3 Å². The van der Waals surface area contributed by atoms with E-state index < -0.39 is 0 Å². The van der Waals surface area contributed by atoms with Crippen molar-refractivity contribution in [1.82, 2.24) is 19.5 Å². The van der Waals surface area contributed by atoms with E-state index in [9.17, 15) is 0 Å². The Balaban J connectivity index is 1.40. The summed E-state index contributed by atoms with van der Waals surface area (Å²) < 4.78 is 7.86. The predicted molar refractivity (Wildman–Crippen MR) is 127 cm³/mol. The van der Waals surface area contributed by atoms with Crippen LogP contribution in [0.1, 0.15) is 44.1 Å². The highest BCUT2D eigenvalue weighted by atomic mass is 16.3. The number of nitrogen functional groups attached to an aromatic ring is 1. The van der Waals surface area contributed by atoms with Crippen molar-refractivity contribution in [3.05, 3.63) is 54.3 Å². The van der Waals surface area contributed by atoms with E-state index in [0.29, 0.717) is 23.2 Å². The van der Waals surface area contributed by atoms with E-state index in [-0.39, 0.29) is 0 Å². The molecule has 0 radical (unpaired) electrons. The van der Waals surface area contributed by atoms with Crippen LogP contribution in [0.4, 0.5) is 11.8 Å². The normalized spacial score (nSPS) is 14.8. The minimum absolute atomic E-state index is 0.399. The third-order valence-corrected chi connectivity index (χ3v) is 6.30. The van der Waals surface area contributed by atoms with Crippen molar-refractivity contribution in [2.24, 2.45) is 5.92 Å². The number of furan rings is 1. The van der Waals surface area contributed by atoms with Crippen LogP contribution in [0, 0.1) is 5.92 Å². The summed E-state index contributed by atoms with van der Waals surface area (Å²) in [5.41, 5.74) is 9.07. The lowest BCUT2D eigenvalue weighted by atomic mass is 9.89. The standard InChI is InChI=1S/C25H30N6O/c26-22-21-24(30-25(29-22)27-15-7-13-18-9-3-1-4-10-18)31(17-19-11-5-2-6-12-19)23(28-21)20-14-8-16-32-20/h1,3-4,8-10,14,16,19H,2,5-7,11-13,15,17H2,(H3,26,27,29,30). The zero-order valence-electron chi connectivity index (χ0n) is 18.3. The van der Waals surface area contributed by atoms with Crippen molar-refractivity contribution in [2.45, 2.75) is 51.5 Å². The van der Waals surface area contributed by atoms with Crippen LogP contribution in [-0.2, 0) is 13.0 Å². The zero-order valence-corrected chi connectivity index (χ0v) is 18.3. The van der Waals surface area contributed by atoms with Crippen molar-refractivity contribution in [1.29, 1.82) is 0 Å². The number of anilines is 2. The Bertz CT molecular complexity index is 1150. The molecule has 0 saturated heterocycles. The van der Waals surface area contributed by atoms with Crippen LogP contribution < -0.4 is 11.1 Å². The molecule has 0 atom stereocenters. The molecule has 0 unspecified atom stereocenters. The molecule has 0 aliphatic heterocycles. The van der Waals surface area contributed by atoms with Crippen molar-refractivity contribution < 1.29 is 4.42 Å². The molecule has 7 heteroatoms. The SMILES string of the molecule is Nc1nc(NCCCc2ccccc2)nc2c1nc(-c1ccco1)n2CC1CCCCC1. The summed E-state index contributed by atoms with van der Waals surface area (Å²) in [6.45, 7) is 1.65. The van der Waals surface area contributed by atoms with Crippen LogP contribution in [0.2, 0.25) is 0 Å². The second kappa shape index (κ2) is 9.42. The average Bonchev–Trinajstić information content (AvgIpc) is 3.47. The third kappa shape index (κ3) is 4.47. The summed E-state index contributed by atoms with van der Waals surface area (Å²) in [7, 11) is 0. The first kappa shape index (κ1) is 20.5. The molecule has 1 fully saturated rings. The van der Waals surface area contributed by atoms with Gasteiger partial charge in [-0.3, -0.25) is 0 Å². The number of hydrogen-bond acceptors (Lipinski definition) is 6. The molecule has 0 bridgehead atoms. The van der Waals surface area contributed by atoms with Gasteiger partial charge in [0.1, 0.15) is 0 Å². The van der Waals surface area contributed by atoms with Gasteiger partial charge in [0.05, 0.1) is 6.26 Å². The summed E-state index contributed by atoms with van der Waals surface area (Å²) in [6.07, 6.45) is 10.1. The number of nitrogens with zero attached hydrogens (tertiary/aromatic N) is 4. The number of rotatable bonds is 8. The lowest BCUT2D eigenvalue weighted by Crippen LogP contribution is -2.16. The first-order valence-electron chi connectivity index (χ1n) is 11.6. The number of benzene rings is 1. The van der Waals surface area contributed by atoms with Crippen molar-refractivity contribution in [3.8, 4) is 11.6 Å². The minimum Gasteiger partial charge on any atom is -0.461 e. The van der Waals surface area contributed by atoms with E-state index in [1.165, 1.54) is 37.7 Å². The van der Waals surface area contributed by atoms with Gasteiger partial charge in [0.15, 0.2) is 28.6 Å². The second-order valence-corrected chi connectivity index (χ2v) is 8.65. The summed E-state index contributed by atoms with van der Waals surface area (Å²) in [6, 6.07) is 14.3. The Labute approximate surface area is 188 Å². The Hall–Kier alpha value is -3.35. The summed E-state index contributed by atoms with van der Waals surface area (Å²) >= 11 is 0. The molecule has 3 N–H and O–H groups in total. The summed E-state index contributed by atoms with van der Waals surface area (Å²) in [4.78, 5) is 14.1. The molecule has 32 heavy (non-hydrogen) atoms.